The monoisotopic (exact) mass is 354 g/mol. The van der Waals surface area contributed by atoms with Gasteiger partial charge in [-0.25, -0.2) is 27.9 Å². The van der Waals surface area contributed by atoms with Crippen molar-refractivity contribution in [3.63, 3.8) is 0 Å². The molecule has 1 saturated heterocycles. The zero-order valence-electron chi connectivity index (χ0n) is 13.8. The van der Waals surface area contributed by atoms with Crippen molar-refractivity contribution in [2.45, 2.75) is 0 Å². The van der Waals surface area contributed by atoms with Gasteiger partial charge in [0.1, 0.15) is 23.3 Å². The molecule has 2 amide bonds. The van der Waals surface area contributed by atoms with Crippen LogP contribution >= 0.6 is 0 Å². The molecule has 1 aliphatic rings. The fourth-order valence-electron chi connectivity index (χ4n) is 2.89. The Hall–Kier alpha value is -2.78. The number of hydrogen-bond acceptors (Lipinski definition) is 5. The Labute approximate surface area is 141 Å². The largest absolute Gasteiger partial charge is 0.383 e. The zero-order valence-corrected chi connectivity index (χ0v) is 13.8. The van der Waals surface area contributed by atoms with E-state index in [1.165, 1.54) is 9.80 Å². The maximum atomic E-state index is 14.8. The van der Waals surface area contributed by atoms with Crippen LogP contribution in [-0.2, 0) is 0 Å². The van der Waals surface area contributed by atoms with E-state index < -0.39 is 28.5 Å². The maximum absolute atomic E-state index is 14.8. The first-order chi connectivity index (χ1) is 11.8. The van der Waals surface area contributed by atoms with Crippen molar-refractivity contribution in [2.24, 2.45) is 0 Å². The summed E-state index contributed by atoms with van der Waals surface area (Å²) in [7, 11) is 3.24. The van der Waals surface area contributed by atoms with Gasteiger partial charge >= 0.3 is 6.03 Å². The molecule has 2 N–H and O–H groups in total. The molecule has 1 aromatic carbocycles. The van der Waals surface area contributed by atoms with Crippen molar-refractivity contribution in [1.29, 1.82) is 0 Å². The summed E-state index contributed by atoms with van der Waals surface area (Å²) in [5.74, 6) is -3.93. The molecule has 1 fully saturated rings. The average Bonchev–Trinajstić information content (AvgIpc) is 2.59. The highest BCUT2D eigenvalue weighted by molar-refractivity contribution is 5.91. The highest BCUT2D eigenvalue weighted by atomic mass is 19.2. The summed E-state index contributed by atoms with van der Waals surface area (Å²) in [6.07, 6.45) is 0.996. The first kappa shape index (κ1) is 17.1. The number of urea groups is 1. The standard InChI is InChI=1S/C15H17F3N6O/c1-22(2)15(25)24-5-3-23(4-6-24)13-10(17)9(16)8-12(11(13)18)20-7-21-14(8)19/h7H,3-6H2,1-2H3,(H2,19,20,21). The lowest BCUT2D eigenvalue weighted by atomic mass is 10.1. The molecule has 2 heterocycles. The summed E-state index contributed by atoms with van der Waals surface area (Å²) in [4.78, 5) is 23.5. The predicted octanol–water partition coefficient (Wildman–Crippen LogP) is 1.43. The second-order valence-electron chi connectivity index (χ2n) is 5.92. The summed E-state index contributed by atoms with van der Waals surface area (Å²) in [5, 5.41) is -0.470. The number of carbonyl (C=O) groups excluding carboxylic acids is 1. The van der Waals surface area contributed by atoms with Crippen LogP contribution in [-0.4, -0.2) is 66.1 Å². The molecule has 25 heavy (non-hydrogen) atoms. The molecule has 134 valence electrons. The van der Waals surface area contributed by atoms with Gasteiger partial charge in [0.05, 0.1) is 5.39 Å². The molecule has 0 bridgehead atoms. The van der Waals surface area contributed by atoms with Gasteiger partial charge < -0.3 is 20.4 Å². The van der Waals surface area contributed by atoms with Gasteiger partial charge in [-0.05, 0) is 0 Å². The second kappa shape index (κ2) is 6.26. The second-order valence-corrected chi connectivity index (χ2v) is 5.92. The number of carbonyl (C=O) groups is 1. The number of fused-ring (bicyclic) bond motifs is 1. The van der Waals surface area contributed by atoms with Gasteiger partial charge in [-0.2, -0.15) is 0 Å². The van der Waals surface area contributed by atoms with Gasteiger partial charge in [-0.1, -0.05) is 0 Å². The summed E-state index contributed by atoms with van der Waals surface area (Å²) in [5.41, 5.74) is 4.65. The molecule has 0 atom stereocenters. The number of aromatic nitrogens is 2. The SMILES string of the molecule is CN(C)C(=O)N1CCN(c2c(F)c(F)c3c(N)ncnc3c2F)CC1. The normalized spacial score (nSPS) is 14.9. The Morgan fingerprint density at radius 3 is 2.32 bits per heavy atom. The van der Waals surface area contributed by atoms with Crippen molar-refractivity contribution in [2.75, 3.05) is 50.9 Å². The minimum absolute atomic E-state index is 0.166. The highest BCUT2D eigenvalue weighted by Gasteiger charge is 2.30. The molecule has 2 aromatic rings. The van der Waals surface area contributed by atoms with Gasteiger partial charge in [0.15, 0.2) is 17.5 Å². The van der Waals surface area contributed by atoms with Gasteiger partial charge in [-0.3, -0.25) is 0 Å². The summed E-state index contributed by atoms with van der Waals surface area (Å²) >= 11 is 0. The highest BCUT2D eigenvalue weighted by Crippen LogP contribution is 2.34. The number of anilines is 2. The molecule has 10 heteroatoms. The van der Waals surface area contributed by atoms with E-state index in [1.807, 2.05) is 0 Å². The van der Waals surface area contributed by atoms with E-state index in [0.29, 0.717) is 0 Å². The number of piperazine rings is 1. The molecule has 7 nitrogen and oxygen atoms in total. The fourth-order valence-corrected chi connectivity index (χ4v) is 2.89. The molecule has 0 radical (unpaired) electrons. The molecule has 0 aliphatic carbocycles. The van der Waals surface area contributed by atoms with Crippen molar-refractivity contribution < 1.29 is 18.0 Å². The smallest absolute Gasteiger partial charge is 0.319 e. The van der Waals surface area contributed by atoms with Crippen LogP contribution in [0.2, 0.25) is 0 Å². The third kappa shape index (κ3) is 2.77. The number of amides is 2. The number of rotatable bonds is 1. The number of nitrogens with zero attached hydrogens (tertiary/aromatic N) is 5. The Morgan fingerprint density at radius 1 is 1.08 bits per heavy atom. The quantitative estimate of drug-likeness (QED) is 0.784. The molecule has 0 saturated carbocycles. The number of nitrogen functional groups attached to an aromatic ring is 1. The number of nitrogens with two attached hydrogens (primary N) is 1. The topological polar surface area (TPSA) is 78.6 Å². The molecular formula is C15H17F3N6O. The number of hydrogen-bond donors (Lipinski definition) is 1. The van der Waals surface area contributed by atoms with Gasteiger partial charge in [0.2, 0.25) is 0 Å². The fraction of sp³-hybridized carbons (Fsp3) is 0.400. The zero-order chi connectivity index (χ0) is 18.3. The third-order valence-corrected chi connectivity index (χ3v) is 4.16. The van der Waals surface area contributed by atoms with E-state index in [9.17, 15) is 18.0 Å². The van der Waals surface area contributed by atoms with E-state index in [4.69, 9.17) is 5.73 Å². The van der Waals surface area contributed by atoms with Crippen LogP contribution in [0.4, 0.5) is 29.5 Å². The van der Waals surface area contributed by atoms with Crippen molar-refractivity contribution in [1.82, 2.24) is 19.8 Å². The molecule has 1 aliphatic heterocycles. The van der Waals surface area contributed by atoms with Crippen molar-refractivity contribution >= 4 is 28.4 Å². The lowest BCUT2D eigenvalue weighted by molar-refractivity contribution is 0.167. The summed E-state index contributed by atoms with van der Waals surface area (Å²) in [6.45, 7) is 0.862. The molecule has 0 unspecified atom stereocenters. The van der Waals surface area contributed by atoms with Crippen LogP contribution in [0.5, 0.6) is 0 Å². The van der Waals surface area contributed by atoms with Crippen LogP contribution in [0.3, 0.4) is 0 Å². The lowest BCUT2D eigenvalue weighted by Crippen LogP contribution is -2.52. The third-order valence-electron chi connectivity index (χ3n) is 4.16. The minimum atomic E-state index is -1.33. The van der Waals surface area contributed by atoms with Crippen LogP contribution < -0.4 is 10.6 Å². The van der Waals surface area contributed by atoms with E-state index in [2.05, 4.69) is 9.97 Å². The Morgan fingerprint density at radius 2 is 1.72 bits per heavy atom. The average molecular weight is 354 g/mol. The van der Waals surface area contributed by atoms with Crippen molar-refractivity contribution in [3.8, 4) is 0 Å². The van der Waals surface area contributed by atoms with Crippen LogP contribution in [0.25, 0.3) is 10.9 Å². The van der Waals surface area contributed by atoms with Crippen LogP contribution in [0.15, 0.2) is 6.33 Å². The summed E-state index contributed by atoms with van der Waals surface area (Å²) in [6, 6.07) is -0.189. The van der Waals surface area contributed by atoms with E-state index >= 15 is 0 Å². The van der Waals surface area contributed by atoms with Gasteiger partial charge in [0.25, 0.3) is 0 Å². The van der Waals surface area contributed by atoms with Crippen LogP contribution in [0, 0.1) is 17.5 Å². The first-order valence-corrected chi connectivity index (χ1v) is 7.60. The molecular weight excluding hydrogens is 337 g/mol. The first-order valence-electron chi connectivity index (χ1n) is 7.60. The Kier molecular flexibility index (Phi) is 4.27. The molecule has 0 spiro atoms. The maximum Gasteiger partial charge on any atom is 0.319 e. The Balaban J connectivity index is 1.97. The minimum Gasteiger partial charge on any atom is -0.383 e. The van der Waals surface area contributed by atoms with E-state index in [0.717, 1.165) is 6.33 Å². The van der Waals surface area contributed by atoms with Crippen LogP contribution in [0.1, 0.15) is 0 Å². The lowest BCUT2D eigenvalue weighted by Gasteiger charge is -2.37. The molecule has 3 rings (SSSR count). The van der Waals surface area contributed by atoms with Crippen molar-refractivity contribution in [3.05, 3.63) is 23.8 Å². The van der Waals surface area contributed by atoms with Gasteiger partial charge in [0, 0.05) is 40.3 Å². The molecule has 1 aromatic heterocycles. The van der Waals surface area contributed by atoms with Gasteiger partial charge in [-0.15, -0.1) is 0 Å². The Bertz CT molecular complexity index is 836. The number of halogens is 3. The van der Waals surface area contributed by atoms with E-state index in [-0.39, 0.29) is 43.5 Å². The predicted molar refractivity (Wildman–Crippen MR) is 86.7 cm³/mol. The van der Waals surface area contributed by atoms with E-state index in [1.54, 1.807) is 19.0 Å². The summed E-state index contributed by atoms with van der Waals surface area (Å²) < 4.78 is 43.6. The number of benzene rings is 1.